The summed E-state index contributed by atoms with van der Waals surface area (Å²) in [4.78, 5) is 23.1. The van der Waals surface area contributed by atoms with Gasteiger partial charge < -0.3 is 19.7 Å². The van der Waals surface area contributed by atoms with Crippen molar-refractivity contribution in [2.45, 2.75) is 38.1 Å². The topological polar surface area (TPSA) is 76.6 Å². The second-order valence-electron chi connectivity index (χ2n) is 6.15. The number of anilines is 1. The molecule has 0 bridgehead atoms. The van der Waals surface area contributed by atoms with Crippen molar-refractivity contribution in [3.8, 4) is 11.8 Å². The van der Waals surface area contributed by atoms with E-state index in [-0.39, 0.29) is 11.8 Å². The number of amides is 1. The highest BCUT2D eigenvalue weighted by molar-refractivity contribution is 5.79. The van der Waals surface area contributed by atoms with Crippen LogP contribution < -0.4 is 19.7 Å². The van der Waals surface area contributed by atoms with E-state index in [1.165, 1.54) is 6.42 Å². The minimum Gasteiger partial charge on any atom is -0.481 e. The number of methoxy groups -OCH3 is 2. The van der Waals surface area contributed by atoms with Crippen molar-refractivity contribution in [3.63, 3.8) is 0 Å². The van der Waals surface area contributed by atoms with Gasteiger partial charge in [0.2, 0.25) is 23.6 Å². The Bertz CT molecular complexity index is 532. The first kappa shape index (κ1) is 15.8. The fourth-order valence-electron chi connectivity index (χ4n) is 2.96. The van der Waals surface area contributed by atoms with Crippen molar-refractivity contribution < 1.29 is 14.3 Å². The number of hydrogen-bond donors (Lipinski definition) is 1. The first-order valence-corrected chi connectivity index (χ1v) is 8.22. The van der Waals surface area contributed by atoms with E-state index in [0.29, 0.717) is 23.8 Å². The highest BCUT2D eigenvalue weighted by Gasteiger charge is 2.29. The largest absolute Gasteiger partial charge is 0.481 e. The van der Waals surface area contributed by atoms with Crippen LogP contribution in [0.2, 0.25) is 0 Å². The lowest BCUT2D eigenvalue weighted by Gasteiger charge is -2.33. The van der Waals surface area contributed by atoms with Crippen molar-refractivity contribution in [2.24, 2.45) is 5.92 Å². The minimum atomic E-state index is 0.0966. The molecular weight excluding hydrogens is 296 g/mol. The standard InChI is InChI=1S/C16H24N4O3/c1-22-13-10-14(23-2)19-16(18-13)20-8-6-11(7-9-20)15(21)17-12-4-3-5-12/h10-12H,3-9H2,1-2H3,(H,17,21). The van der Waals surface area contributed by atoms with Crippen molar-refractivity contribution in [3.05, 3.63) is 6.07 Å². The molecule has 126 valence electrons. The lowest BCUT2D eigenvalue weighted by molar-refractivity contribution is -0.126. The van der Waals surface area contributed by atoms with Gasteiger partial charge in [0.1, 0.15) is 0 Å². The first-order valence-electron chi connectivity index (χ1n) is 8.22. The quantitative estimate of drug-likeness (QED) is 0.883. The number of carbonyl (C=O) groups is 1. The zero-order valence-electron chi connectivity index (χ0n) is 13.7. The zero-order chi connectivity index (χ0) is 16.2. The molecule has 0 radical (unpaired) electrons. The van der Waals surface area contributed by atoms with Gasteiger partial charge in [0.15, 0.2) is 0 Å². The molecule has 0 atom stereocenters. The van der Waals surface area contributed by atoms with Gasteiger partial charge in [-0.3, -0.25) is 4.79 Å². The van der Waals surface area contributed by atoms with Gasteiger partial charge in [-0.2, -0.15) is 9.97 Å². The average molecular weight is 320 g/mol. The third-order valence-corrected chi connectivity index (χ3v) is 4.69. The number of rotatable bonds is 5. The summed E-state index contributed by atoms with van der Waals surface area (Å²) in [5.74, 6) is 1.87. The summed E-state index contributed by atoms with van der Waals surface area (Å²) < 4.78 is 10.4. The highest BCUT2D eigenvalue weighted by atomic mass is 16.5. The number of carbonyl (C=O) groups excluding carboxylic acids is 1. The van der Waals surface area contributed by atoms with Gasteiger partial charge in [0.05, 0.1) is 20.3 Å². The maximum atomic E-state index is 12.2. The van der Waals surface area contributed by atoms with Crippen molar-refractivity contribution >= 4 is 11.9 Å². The summed E-state index contributed by atoms with van der Waals surface area (Å²) in [5.41, 5.74) is 0. The second-order valence-corrected chi connectivity index (χ2v) is 6.15. The molecule has 1 aromatic heterocycles. The summed E-state index contributed by atoms with van der Waals surface area (Å²) in [6.45, 7) is 1.53. The van der Waals surface area contributed by atoms with E-state index in [1.54, 1.807) is 20.3 Å². The fraction of sp³-hybridized carbons (Fsp3) is 0.688. The smallest absolute Gasteiger partial charge is 0.231 e. The molecule has 1 aromatic rings. The number of nitrogens with one attached hydrogen (secondary N) is 1. The number of nitrogens with zero attached hydrogens (tertiary/aromatic N) is 3. The summed E-state index contributed by atoms with van der Waals surface area (Å²) >= 11 is 0. The summed E-state index contributed by atoms with van der Waals surface area (Å²) in [6.07, 6.45) is 5.13. The van der Waals surface area contributed by atoms with Crippen LogP contribution in [0.15, 0.2) is 6.07 Å². The zero-order valence-corrected chi connectivity index (χ0v) is 13.7. The molecule has 1 aliphatic heterocycles. The summed E-state index contributed by atoms with van der Waals surface area (Å²) in [7, 11) is 3.14. The van der Waals surface area contributed by atoms with E-state index < -0.39 is 0 Å². The third-order valence-electron chi connectivity index (χ3n) is 4.69. The predicted octanol–water partition coefficient (Wildman–Crippen LogP) is 1.38. The molecule has 0 unspecified atom stereocenters. The molecule has 7 heteroatoms. The first-order chi connectivity index (χ1) is 11.2. The Hall–Kier alpha value is -2.05. The van der Waals surface area contributed by atoms with Gasteiger partial charge in [-0.05, 0) is 32.1 Å². The van der Waals surface area contributed by atoms with Gasteiger partial charge in [0, 0.05) is 25.0 Å². The van der Waals surface area contributed by atoms with Crippen LogP contribution in [0.1, 0.15) is 32.1 Å². The van der Waals surface area contributed by atoms with E-state index in [4.69, 9.17) is 9.47 Å². The van der Waals surface area contributed by atoms with E-state index in [2.05, 4.69) is 20.2 Å². The Labute approximate surface area is 136 Å². The third kappa shape index (κ3) is 3.65. The van der Waals surface area contributed by atoms with Crippen LogP contribution in [0.5, 0.6) is 11.8 Å². The van der Waals surface area contributed by atoms with Gasteiger partial charge in [-0.25, -0.2) is 0 Å². The molecule has 0 aromatic carbocycles. The molecule has 2 aliphatic rings. The minimum absolute atomic E-state index is 0.0966. The highest BCUT2D eigenvalue weighted by Crippen LogP contribution is 2.26. The monoisotopic (exact) mass is 320 g/mol. The Morgan fingerprint density at radius 3 is 2.22 bits per heavy atom. The van der Waals surface area contributed by atoms with Crippen molar-refractivity contribution in [1.82, 2.24) is 15.3 Å². The average Bonchev–Trinajstić information content (AvgIpc) is 2.57. The maximum absolute atomic E-state index is 12.2. The van der Waals surface area contributed by atoms with Gasteiger partial charge in [-0.1, -0.05) is 0 Å². The SMILES string of the molecule is COc1cc(OC)nc(N2CCC(C(=O)NC3CCC3)CC2)n1. The van der Waals surface area contributed by atoms with Gasteiger partial charge in [0.25, 0.3) is 0 Å². The number of piperidine rings is 1. The Morgan fingerprint density at radius 2 is 1.74 bits per heavy atom. The number of aromatic nitrogens is 2. The van der Waals surface area contributed by atoms with Crippen LogP contribution in [0.25, 0.3) is 0 Å². The van der Waals surface area contributed by atoms with Crippen molar-refractivity contribution in [2.75, 3.05) is 32.2 Å². The van der Waals surface area contributed by atoms with Crippen LogP contribution in [-0.2, 0) is 4.79 Å². The van der Waals surface area contributed by atoms with Crippen LogP contribution in [0.3, 0.4) is 0 Å². The molecule has 1 aliphatic carbocycles. The van der Waals surface area contributed by atoms with Crippen LogP contribution >= 0.6 is 0 Å². The van der Waals surface area contributed by atoms with Gasteiger partial charge >= 0.3 is 0 Å². The molecule has 2 fully saturated rings. The molecule has 23 heavy (non-hydrogen) atoms. The molecule has 3 rings (SSSR count). The lowest BCUT2D eigenvalue weighted by atomic mass is 9.90. The molecule has 1 N–H and O–H groups in total. The summed E-state index contributed by atoms with van der Waals surface area (Å²) in [5, 5.41) is 3.15. The van der Waals surface area contributed by atoms with E-state index in [9.17, 15) is 4.79 Å². The van der Waals surface area contributed by atoms with E-state index >= 15 is 0 Å². The summed E-state index contributed by atoms with van der Waals surface area (Å²) in [6, 6.07) is 2.06. The normalized spacial score (nSPS) is 19.1. The van der Waals surface area contributed by atoms with Crippen LogP contribution in [-0.4, -0.2) is 49.2 Å². The molecule has 7 nitrogen and oxygen atoms in total. The van der Waals surface area contributed by atoms with E-state index in [1.807, 2.05) is 0 Å². The van der Waals surface area contributed by atoms with Crippen molar-refractivity contribution in [1.29, 1.82) is 0 Å². The number of ether oxygens (including phenoxy) is 2. The Kier molecular flexibility index (Phi) is 4.83. The van der Waals surface area contributed by atoms with E-state index in [0.717, 1.165) is 38.8 Å². The van der Waals surface area contributed by atoms with Gasteiger partial charge in [-0.15, -0.1) is 0 Å². The molecule has 1 saturated carbocycles. The molecular formula is C16H24N4O3. The molecule has 1 amide bonds. The molecule has 1 saturated heterocycles. The van der Waals surface area contributed by atoms with Crippen LogP contribution in [0.4, 0.5) is 5.95 Å². The van der Waals surface area contributed by atoms with Crippen LogP contribution in [0, 0.1) is 5.92 Å². The molecule has 2 heterocycles. The molecule has 0 spiro atoms. The second kappa shape index (κ2) is 7.02. The maximum Gasteiger partial charge on any atom is 0.231 e. The lowest BCUT2D eigenvalue weighted by Crippen LogP contribution is -2.46. The Morgan fingerprint density at radius 1 is 1.13 bits per heavy atom. The number of hydrogen-bond acceptors (Lipinski definition) is 6. The fourth-order valence-corrected chi connectivity index (χ4v) is 2.96. The predicted molar refractivity (Wildman–Crippen MR) is 85.9 cm³/mol. The Balaban J connectivity index is 1.58.